The fourth-order valence-corrected chi connectivity index (χ4v) is 1.60. The number of methoxy groups -OCH3 is 1. The Morgan fingerprint density at radius 3 is 2.21 bits per heavy atom. The molecule has 0 unspecified atom stereocenters. The van der Waals surface area contributed by atoms with Crippen LogP contribution in [-0.4, -0.2) is 90.0 Å². The highest BCUT2D eigenvalue weighted by Gasteiger charge is 2.04. The average Bonchev–Trinajstić information content (AvgIpc) is 2.42. The third-order valence-electron chi connectivity index (χ3n) is 2.66. The van der Waals surface area contributed by atoms with Gasteiger partial charge in [-0.25, -0.2) is 0 Å². The maximum absolute atomic E-state index is 8.65. The Morgan fingerprint density at radius 1 is 0.947 bits per heavy atom. The van der Waals surface area contributed by atoms with Crippen molar-refractivity contribution in [1.82, 2.24) is 10.2 Å². The van der Waals surface area contributed by atoms with Crippen molar-refractivity contribution in [2.75, 3.05) is 80.0 Å². The van der Waals surface area contributed by atoms with Gasteiger partial charge >= 0.3 is 0 Å². The summed E-state index contributed by atoms with van der Waals surface area (Å²) in [6.07, 6.45) is 1.01. The van der Waals surface area contributed by atoms with E-state index in [0.717, 1.165) is 52.4 Å². The minimum Gasteiger partial charge on any atom is -0.394 e. The fraction of sp³-hybridized carbons (Fsp3) is 1.00. The molecule has 0 aliphatic heterocycles. The summed E-state index contributed by atoms with van der Waals surface area (Å²) in [7, 11) is 3.63. The number of nitrogens with one attached hydrogen (secondary N) is 1. The van der Waals surface area contributed by atoms with Crippen LogP contribution in [0.3, 0.4) is 0 Å². The Morgan fingerprint density at radius 2 is 1.63 bits per heavy atom. The third kappa shape index (κ3) is 14.0. The van der Waals surface area contributed by atoms with Crippen molar-refractivity contribution in [3.63, 3.8) is 0 Å². The predicted octanol–water partition coefficient (Wildman–Crippen LogP) is -0.430. The minimum atomic E-state index is 0.0802. The van der Waals surface area contributed by atoms with Crippen LogP contribution in [0.25, 0.3) is 0 Å². The van der Waals surface area contributed by atoms with Crippen molar-refractivity contribution in [2.45, 2.75) is 6.42 Å². The van der Waals surface area contributed by atoms with Crippen LogP contribution in [-0.2, 0) is 14.2 Å². The van der Waals surface area contributed by atoms with E-state index in [1.54, 1.807) is 7.11 Å². The second-order valence-electron chi connectivity index (χ2n) is 4.24. The molecule has 0 heterocycles. The van der Waals surface area contributed by atoms with E-state index in [9.17, 15) is 0 Å². The largest absolute Gasteiger partial charge is 0.394 e. The van der Waals surface area contributed by atoms with Gasteiger partial charge in [0.1, 0.15) is 0 Å². The highest BCUT2D eigenvalue weighted by molar-refractivity contribution is 4.57. The molecule has 2 N–H and O–H groups in total. The van der Waals surface area contributed by atoms with E-state index >= 15 is 0 Å². The molecule has 0 saturated heterocycles. The van der Waals surface area contributed by atoms with Crippen molar-refractivity contribution < 1.29 is 19.3 Å². The van der Waals surface area contributed by atoms with Gasteiger partial charge in [-0.3, -0.25) is 4.90 Å². The van der Waals surface area contributed by atoms with Crippen LogP contribution in [0.5, 0.6) is 0 Å². The number of nitrogens with zero attached hydrogens (tertiary/aromatic N) is 1. The maximum Gasteiger partial charge on any atom is 0.0698 e. The first-order valence-electron chi connectivity index (χ1n) is 6.97. The van der Waals surface area contributed by atoms with E-state index in [1.165, 1.54) is 0 Å². The molecule has 0 aromatic carbocycles. The van der Waals surface area contributed by atoms with Crippen molar-refractivity contribution in [3.8, 4) is 0 Å². The van der Waals surface area contributed by atoms with E-state index in [2.05, 4.69) is 10.2 Å². The lowest BCUT2D eigenvalue weighted by molar-refractivity contribution is 0.0569. The van der Waals surface area contributed by atoms with Gasteiger partial charge in [0.2, 0.25) is 0 Å². The standard InChI is InChI=1S/C13H30N2O4/c1-14-4-10-18-11-6-15(5-3-9-17-2)7-12-19-13-8-16/h14,16H,3-13H2,1-2H3. The Labute approximate surface area is 117 Å². The van der Waals surface area contributed by atoms with Crippen molar-refractivity contribution in [3.05, 3.63) is 0 Å². The summed E-state index contributed by atoms with van der Waals surface area (Å²) in [6.45, 7) is 6.99. The zero-order valence-corrected chi connectivity index (χ0v) is 12.4. The molecule has 0 bridgehead atoms. The Bertz CT molecular complexity index is 173. The molecule has 0 aromatic heterocycles. The topological polar surface area (TPSA) is 63.2 Å². The van der Waals surface area contributed by atoms with E-state index in [-0.39, 0.29) is 6.61 Å². The van der Waals surface area contributed by atoms with Gasteiger partial charge in [0.25, 0.3) is 0 Å². The Kier molecular flexibility index (Phi) is 15.6. The fourth-order valence-electron chi connectivity index (χ4n) is 1.60. The number of ether oxygens (including phenoxy) is 3. The zero-order chi connectivity index (χ0) is 14.2. The van der Waals surface area contributed by atoms with E-state index in [1.807, 2.05) is 7.05 Å². The molecule has 0 fully saturated rings. The lowest BCUT2D eigenvalue weighted by Crippen LogP contribution is -2.33. The second kappa shape index (κ2) is 15.8. The van der Waals surface area contributed by atoms with Crippen LogP contribution in [0.1, 0.15) is 6.42 Å². The van der Waals surface area contributed by atoms with Gasteiger partial charge in [-0.2, -0.15) is 0 Å². The number of rotatable bonds is 15. The predicted molar refractivity (Wildman–Crippen MR) is 75.6 cm³/mol. The lowest BCUT2D eigenvalue weighted by atomic mass is 10.4. The molecule has 0 aromatic rings. The van der Waals surface area contributed by atoms with E-state index < -0.39 is 0 Å². The first-order chi connectivity index (χ1) is 9.35. The Hall–Kier alpha value is -0.240. The molecular formula is C13H30N2O4. The molecule has 6 nitrogen and oxygen atoms in total. The summed E-state index contributed by atoms with van der Waals surface area (Å²) in [5.41, 5.74) is 0. The summed E-state index contributed by atoms with van der Waals surface area (Å²) in [5.74, 6) is 0. The van der Waals surface area contributed by atoms with Crippen LogP contribution in [0, 0.1) is 0 Å². The molecule has 0 atom stereocenters. The van der Waals surface area contributed by atoms with E-state index in [4.69, 9.17) is 19.3 Å². The third-order valence-corrected chi connectivity index (χ3v) is 2.66. The Balaban J connectivity index is 3.63. The van der Waals surface area contributed by atoms with E-state index in [0.29, 0.717) is 13.2 Å². The van der Waals surface area contributed by atoms with Crippen LogP contribution in [0.15, 0.2) is 0 Å². The van der Waals surface area contributed by atoms with Crippen LogP contribution < -0.4 is 5.32 Å². The molecule has 6 heteroatoms. The first-order valence-corrected chi connectivity index (χ1v) is 6.97. The quantitative estimate of drug-likeness (QED) is 0.396. The molecule has 0 spiro atoms. The second-order valence-corrected chi connectivity index (χ2v) is 4.24. The van der Waals surface area contributed by atoms with Gasteiger partial charge in [-0.05, 0) is 13.5 Å². The summed E-state index contributed by atoms with van der Waals surface area (Å²) in [6, 6.07) is 0. The number of hydrogen-bond acceptors (Lipinski definition) is 6. The molecule has 0 saturated carbocycles. The molecule has 116 valence electrons. The molecule has 19 heavy (non-hydrogen) atoms. The van der Waals surface area contributed by atoms with Crippen LogP contribution >= 0.6 is 0 Å². The van der Waals surface area contributed by atoms with Crippen LogP contribution in [0.2, 0.25) is 0 Å². The van der Waals surface area contributed by atoms with Crippen LogP contribution in [0.4, 0.5) is 0 Å². The molecule has 0 amide bonds. The van der Waals surface area contributed by atoms with Gasteiger partial charge in [0.05, 0.1) is 33.0 Å². The van der Waals surface area contributed by atoms with Gasteiger partial charge in [-0.1, -0.05) is 0 Å². The first kappa shape index (κ1) is 18.8. The average molecular weight is 278 g/mol. The summed E-state index contributed by atoms with van der Waals surface area (Å²) < 4.78 is 15.9. The molecule has 0 aliphatic carbocycles. The molecule has 0 aliphatic rings. The molecule has 0 radical (unpaired) electrons. The highest BCUT2D eigenvalue weighted by atomic mass is 16.5. The highest BCUT2D eigenvalue weighted by Crippen LogP contribution is 1.93. The SMILES string of the molecule is CNCCOCCN(CCCOC)CCOCCO. The monoisotopic (exact) mass is 278 g/mol. The number of hydrogen-bond donors (Lipinski definition) is 2. The summed E-state index contributed by atoms with van der Waals surface area (Å²) >= 11 is 0. The smallest absolute Gasteiger partial charge is 0.0698 e. The van der Waals surface area contributed by atoms with Crippen molar-refractivity contribution >= 4 is 0 Å². The lowest BCUT2D eigenvalue weighted by Gasteiger charge is -2.22. The van der Waals surface area contributed by atoms with Crippen molar-refractivity contribution in [2.24, 2.45) is 0 Å². The van der Waals surface area contributed by atoms with Gasteiger partial charge in [0, 0.05) is 39.9 Å². The molecular weight excluding hydrogens is 248 g/mol. The van der Waals surface area contributed by atoms with Gasteiger partial charge < -0.3 is 24.6 Å². The number of aliphatic hydroxyl groups is 1. The summed E-state index contributed by atoms with van der Waals surface area (Å²) in [5, 5.41) is 11.7. The van der Waals surface area contributed by atoms with Gasteiger partial charge in [0.15, 0.2) is 0 Å². The minimum absolute atomic E-state index is 0.0802. The van der Waals surface area contributed by atoms with Gasteiger partial charge in [-0.15, -0.1) is 0 Å². The number of aliphatic hydroxyl groups excluding tert-OH is 1. The van der Waals surface area contributed by atoms with Crippen molar-refractivity contribution in [1.29, 1.82) is 0 Å². The number of likely N-dealkylation sites (N-methyl/N-ethyl adjacent to an activating group) is 1. The molecule has 0 rings (SSSR count). The zero-order valence-electron chi connectivity index (χ0n) is 12.4. The summed E-state index contributed by atoms with van der Waals surface area (Å²) in [4.78, 5) is 2.30. The maximum atomic E-state index is 8.65. The normalized spacial score (nSPS) is 11.4.